The van der Waals surface area contributed by atoms with Gasteiger partial charge in [-0.2, -0.15) is 5.10 Å². The Morgan fingerprint density at radius 2 is 2.00 bits per heavy atom. The number of rotatable bonds is 6. The van der Waals surface area contributed by atoms with E-state index in [-0.39, 0.29) is 0 Å². The number of hydrogen-bond donors (Lipinski definition) is 1. The van der Waals surface area contributed by atoms with Crippen LogP contribution in [0.15, 0.2) is 36.5 Å². The van der Waals surface area contributed by atoms with Gasteiger partial charge in [-0.3, -0.25) is 4.68 Å². The Morgan fingerprint density at radius 1 is 1.26 bits per heavy atom. The molecule has 0 spiro atoms. The van der Waals surface area contributed by atoms with E-state index in [2.05, 4.69) is 5.10 Å². The van der Waals surface area contributed by atoms with Crippen LogP contribution in [0.5, 0.6) is 5.75 Å². The van der Waals surface area contributed by atoms with Crippen molar-refractivity contribution < 1.29 is 9.84 Å². The summed E-state index contributed by atoms with van der Waals surface area (Å²) in [5.74, 6) is 0.838. The van der Waals surface area contributed by atoms with E-state index < -0.39 is 6.10 Å². The fraction of sp³-hybridized carbons (Fsp3) is 0.400. The Labute approximate surface area is 113 Å². The summed E-state index contributed by atoms with van der Waals surface area (Å²) in [7, 11) is 1.92. The fourth-order valence-corrected chi connectivity index (χ4v) is 2.05. The highest BCUT2D eigenvalue weighted by molar-refractivity contribution is 5.28. The van der Waals surface area contributed by atoms with E-state index in [0.717, 1.165) is 23.4 Å². The van der Waals surface area contributed by atoms with Gasteiger partial charge in [-0.1, -0.05) is 12.1 Å². The predicted octanol–water partition coefficient (Wildman–Crippen LogP) is 2.49. The average Bonchev–Trinajstić information content (AvgIpc) is 2.83. The summed E-state index contributed by atoms with van der Waals surface area (Å²) in [6.07, 6.45) is 2.82. The molecular weight excluding hydrogens is 240 g/mol. The van der Waals surface area contributed by atoms with E-state index in [0.29, 0.717) is 13.0 Å². The first-order valence-corrected chi connectivity index (χ1v) is 6.58. The zero-order chi connectivity index (χ0) is 13.7. The highest BCUT2D eigenvalue weighted by Gasteiger charge is 2.09. The van der Waals surface area contributed by atoms with Gasteiger partial charge >= 0.3 is 0 Å². The van der Waals surface area contributed by atoms with Crippen LogP contribution in [0.1, 0.15) is 30.7 Å². The SMILES string of the molecule is CCOc1ccc(C(O)CCc2ccnn2C)cc1. The van der Waals surface area contributed by atoms with Gasteiger partial charge in [0.05, 0.1) is 12.7 Å². The molecule has 0 bridgehead atoms. The number of hydrogen-bond acceptors (Lipinski definition) is 3. The van der Waals surface area contributed by atoms with Gasteiger partial charge in [0.2, 0.25) is 0 Å². The molecule has 0 radical (unpaired) electrons. The van der Waals surface area contributed by atoms with E-state index in [1.165, 1.54) is 0 Å². The van der Waals surface area contributed by atoms with Crippen LogP contribution in [-0.4, -0.2) is 21.5 Å². The second-order valence-corrected chi connectivity index (χ2v) is 4.50. The third kappa shape index (κ3) is 3.58. The van der Waals surface area contributed by atoms with Crippen LogP contribution in [0.2, 0.25) is 0 Å². The predicted molar refractivity (Wildman–Crippen MR) is 74.1 cm³/mol. The van der Waals surface area contributed by atoms with Crippen LogP contribution in [-0.2, 0) is 13.5 Å². The number of benzene rings is 1. The zero-order valence-electron chi connectivity index (χ0n) is 11.4. The normalized spacial score (nSPS) is 12.4. The molecule has 0 aliphatic rings. The minimum absolute atomic E-state index is 0.453. The van der Waals surface area contributed by atoms with E-state index in [1.54, 1.807) is 6.20 Å². The molecule has 0 saturated carbocycles. The van der Waals surface area contributed by atoms with Crippen LogP contribution in [0.4, 0.5) is 0 Å². The van der Waals surface area contributed by atoms with Gasteiger partial charge in [0.1, 0.15) is 5.75 Å². The summed E-state index contributed by atoms with van der Waals surface area (Å²) in [4.78, 5) is 0. The maximum Gasteiger partial charge on any atom is 0.119 e. The summed E-state index contributed by atoms with van der Waals surface area (Å²) in [6.45, 7) is 2.61. The van der Waals surface area contributed by atoms with E-state index >= 15 is 0 Å². The largest absolute Gasteiger partial charge is 0.494 e. The Balaban J connectivity index is 1.92. The van der Waals surface area contributed by atoms with Crippen LogP contribution in [0.25, 0.3) is 0 Å². The molecule has 0 saturated heterocycles. The second kappa shape index (κ2) is 6.38. The summed E-state index contributed by atoms with van der Waals surface area (Å²) >= 11 is 0. The molecule has 1 N–H and O–H groups in total. The smallest absolute Gasteiger partial charge is 0.119 e. The summed E-state index contributed by atoms with van der Waals surface area (Å²) in [5, 5.41) is 14.3. The van der Waals surface area contributed by atoms with Crippen LogP contribution in [0, 0.1) is 0 Å². The van der Waals surface area contributed by atoms with Gasteiger partial charge in [-0.15, -0.1) is 0 Å². The molecule has 0 aliphatic carbocycles. The first-order chi connectivity index (χ1) is 9.20. The summed E-state index contributed by atoms with van der Waals surface area (Å²) in [6, 6.07) is 9.60. The van der Waals surface area contributed by atoms with Gasteiger partial charge in [0.25, 0.3) is 0 Å². The first-order valence-electron chi connectivity index (χ1n) is 6.58. The number of ether oxygens (including phenoxy) is 1. The number of aliphatic hydroxyl groups excluding tert-OH is 1. The van der Waals surface area contributed by atoms with Crippen molar-refractivity contribution in [2.45, 2.75) is 25.9 Å². The molecule has 0 aliphatic heterocycles. The molecular formula is C15H20N2O2. The summed E-state index contributed by atoms with van der Waals surface area (Å²) in [5.41, 5.74) is 2.05. The highest BCUT2D eigenvalue weighted by atomic mass is 16.5. The molecule has 102 valence electrons. The maximum atomic E-state index is 10.2. The monoisotopic (exact) mass is 260 g/mol. The van der Waals surface area contributed by atoms with Gasteiger partial charge < -0.3 is 9.84 Å². The van der Waals surface area contributed by atoms with Crippen LogP contribution >= 0.6 is 0 Å². The zero-order valence-corrected chi connectivity index (χ0v) is 11.4. The molecule has 4 heteroatoms. The lowest BCUT2D eigenvalue weighted by Gasteiger charge is -2.12. The van der Waals surface area contributed by atoms with Crippen molar-refractivity contribution in [2.24, 2.45) is 7.05 Å². The standard InChI is InChI=1S/C15H20N2O2/c1-3-19-14-7-4-12(5-8-14)15(18)9-6-13-10-11-16-17(13)2/h4-5,7-8,10-11,15,18H,3,6,9H2,1-2H3. The number of aromatic nitrogens is 2. The van der Waals surface area contributed by atoms with Crippen molar-refractivity contribution in [3.05, 3.63) is 47.8 Å². The Kier molecular flexibility index (Phi) is 4.58. The second-order valence-electron chi connectivity index (χ2n) is 4.50. The molecule has 2 rings (SSSR count). The van der Waals surface area contributed by atoms with Crippen molar-refractivity contribution in [1.82, 2.24) is 9.78 Å². The van der Waals surface area contributed by atoms with E-state index in [4.69, 9.17) is 4.74 Å². The van der Waals surface area contributed by atoms with Crippen molar-refractivity contribution in [3.63, 3.8) is 0 Å². The van der Waals surface area contributed by atoms with Gasteiger partial charge in [0, 0.05) is 18.9 Å². The molecule has 2 aromatic rings. The van der Waals surface area contributed by atoms with Crippen molar-refractivity contribution in [1.29, 1.82) is 0 Å². The highest BCUT2D eigenvalue weighted by Crippen LogP contribution is 2.21. The molecule has 0 fully saturated rings. The molecule has 1 aromatic carbocycles. The Bertz CT molecular complexity index is 505. The van der Waals surface area contributed by atoms with Crippen molar-refractivity contribution in [3.8, 4) is 5.75 Å². The van der Waals surface area contributed by atoms with E-state index in [9.17, 15) is 5.11 Å². The lowest BCUT2D eigenvalue weighted by molar-refractivity contribution is 0.167. The first kappa shape index (κ1) is 13.6. The van der Waals surface area contributed by atoms with Gasteiger partial charge in [-0.05, 0) is 43.5 Å². The minimum atomic E-state index is -0.453. The average molecular weight is 260 g/mol. The molecule has 0 amide bonds. The van der Waals surface area contributed by atoms with Crippen LogP contribution in [0.3, 0.4) is 0 Å². The third-order valence-corrected chi connectivity index (χ3v) is 3.17. The fourth-order valence-electron chi connectivity index (χ4n) is 2.05. The molecule has 1 heterocycles. The topological polar surface area (TPSA) is 47.3 Å². The molecule has 4 nitrogen and oxygen atoms in total. The molecule has 1 aromatic heterocycles. The van der Waals surface area contributed by atoms with Gasteiger partial charge in [-0.25, -0.2) is 0 Å². The van der Waals surface area contributed by atoms with E-state index in [1.807, 2.05) is 49.0 Å². The Hall–Kier alpha value is -1.81. The lowest BCUT2D eigenvalue weighted by atomic mass is 10.0. The minimum Gasteiger partial charge on any atom is -0.494 e. The maximum absolute atomic E-state index is 10.2. The number of aliphatic hydroxyl groups is 1. The van der Waals surface area contributed by atoms with Crippen molar-refractivity contribution >= 4 is 0 Å². The number of nitrogens with zero attached hydrogens (tertiary/aromatic N) is 2. The van der Waals surface area contributed by atoms with Gasteiger partial charge in [0.15, 0.2) is 0 Å². The van der Waals surface area contributed by atoms with Crippen LogP contribution < -0.4 is 4.74 Å². The number of aryl methyl sites for hydroxylation is 2. The lowest BCUT2D eigenvalue weighted by Crippen LogP contribution is -2.03. The molecule has 19 heavy (non-hydrogen) atoms. The Morgan fingerprint density at radius 3 is 2.58 bits per heavy atom. The molecule has 1 atom stereocenters. The summed E-state index contributed by atoms with van der Waals surface area (Å²) < 4.78 is 7.22. The molecule has 1 unspecified atom stereocenters. The van der Waals surface area contributed by atoms with Crippen molar-refractivity contribution in [2.75, 3.05) is 6.61 Å². The third-order valence-electron chi connectivity index (χ3n) is 3.17. The quantitative estimate of drug-likeness (QED) is 0.868.